The minimum atomic E-state index is -1.73. The summed E-state index contributed by atoms with van der Waals surface area (Å²) in [6.45, 7) is 15.1. The van der Waals surface area contributed by atoms with Crippen molar-refractivity contribution >= 4 is 69.1 Å². The monoisotopic (exact) mass is 711 g/mol. The Morgan fingerprint density at radius 1 is 0.904 bits per heavy atom. The molecule has 2 aliphatic heterocycles. The van der Waals surface area contributed by atoms with E-state index in [0.717, 1.165) is 33.3 Å². The van der Waals surface area contributed by atoms with E-state index in [0.29, 0.717) is 34.4 Å². The third-order valence-corrected chi connectivity index (χ3v) is 10.1. The third-order valence-electron chi connectivity index (χ3n) is 10.1. The molecule has 0 spiro atoms. The molecular weight excluding hydrogens is 670 g/mol. The predicted molar refractivity (Wildman–Crippen MR) is 194 cm³/mol. The van der Waals surface area contributed by atoms with Gasteiger partial charge in [0.15, 0.2) is 0 Å². The van der Waals surface area contributed by atoms with Crippen LogP contribution >= 0.6 is 0 Å². The highest BCUT2D eigenvalue weighted by Crippen LogP contribution is 2.47. The lowest BCUT2D eigenvalue weighted by Gasteiger charge is -2.28. The highest BCUT2D eigenvalue weighted by atomic mass is 16.4. The molecule has 0 radical (unpaired) electrons. The average molecular weight is 712 g/mol. The lowest BCUT2D eigenvalue weighted by atomic mass is 9.73. The number of carbonyl (C=O) groups excluding carboxylic acids is 1. The van der Waals surface area contributed by atoms with Crippen LogP contribution in [-0.2, 0) is 42.2 Å². The molecule has 0 aliphatic carbocycles. The van der Waals surface area contributed by atoms with E-state index in [4.69, 9.17) is 9.97 Å². The molecule has 14 heteroatoms. The van der Waals surface area contributed by atoms with Gasteiger partial charge < -0.3 is 35.7 Å². The Morgan fingerprint density at radius 3 is 2.13 bits per heavy atom. The fraction of sp³-hybridized carbons (Fsp3) is 0.342. The Kier molecular flexibility index (Phi) is 9.97. The van der Waals surface area contributed by atoms with Crippen LogP contribution in [0, 0.1) is 13.8 Å². The molecule has 0 saturated heterocycles. The highest BCUT2D eigenvalue weighted by Gasteiger charge is 2.44. The second-order valence-corrected chi connectivity index (χ2v) is 13.7. The summed E-state index contributed by atoms with van der Waals surface area (Å²) in [7, 11) is 0. The number of rotatable bonds is 11. The van der Waals surface area contributed by atoms with E-state index in [1.54, 1.807) is 39.0 Å². The Bertz CT molecular complexity index is 2270. The molecule has 0 saturated carbocycles. The van der Waals surface area contributed by atoms with Crippen LogP contribution in [0.3, 0.4) is 0 Å². The molecule has 1 amide bonds. The van der Waals surface area contributed by atoms with Gasteiger partial charge in [-0.05, 0) is 67.7 Å². The zero-order valence-corrected chi connectivity index (χ0v) is 29.7. The summed E-state index contributed by atoms with van der Waals surface area (Å²) >= 11 is 0. The van der Waals surface area contributed by atoms with Crippen LogP contribution in [0.5, 0.6) is 0 Å². The predicted octanol–water partition coefficient (Wildman–Crippen LogP) is 5.28. The molecule has 8 bridgehead atoms. The number of carboxylic acid groups (broad SMARTS) is 4. The molecule has 5 rings (SSSR count). The SMILES string of the molecule is C=Cc1c(C)c2cc3nc(c(CC(=O)O)c4nc(cc5[nH]c(cc1[nH]2)c(C)c5CC)C(C)=C4C(=O)O)C(CC(=O)NC(CC(=O)O)C(=O)O)C3(C)C. The van der Waals surface area contributed by atoms with Crippen molar-refractivity contribution in [1.82, 2.24) is 25.3 Å². The fourth-order valence-corrected chi connectivity index (χ4v) is 7.16. The first-order valence-electron chi connectivity index (χ1n) is 16.7. The summed E-state index contributed by atoms with van der Waals surface area (Å²) in [5.74, 6) is -7.33. The van der Waals surface area contributed by atoms with Crippen molar-refractivity contribution < 1.29 is 44.4 Å². The number of aromatic nitrogens is 4. The van der Waals surface area contributed by atoms with Crippen molar-refractivity contribution in [3.8, 4) is 0 Å². The van der Waals surface area contributed by atoms with Crippen molar-refractivity contribution in [3.05, 3.63) is 75.4 Å². The quantitative estimate of drug-likeness (QED) is 0.135. The number of H-pyrrole nitrogens is 2. The summed E-state index contributed by atoms with van der Waals surface area (Å²) in [5, 5.41) is 41.8. The largest absolute Gasteiger partial charge is 0.481 e. The van der Waals surface area contributed by atoms with Crippen molar-refractivity contribution in [1.29, 1.82) is 0 Å². The van der Waals surface area contributed by atoms with Crippen molar-refractivity contribution in [3.63, 3.8) is 0 Å². The molecule has 0 aromatic carbocycles. The maximum atomic E-state index is 13.5. The van der Waals surface area contributed by atoms with E-state index in [1.165, 1.54) is 0 Å². The standard InChI is InChI=1S/C38H41N5O9/c1-8-19-16(3)23-12-26-20(9-2)17(4)25(40-26)14-29-38(6,7)22(11-30(44)41-28(36(49)50)15-32(47)48)34(43-29)21(10-31(45)46)35-33(37(51)52)18(5)24(42-35)13-27(19)39-23/h9,12-14,22,28,39-40H,2,8,10-11,15H2,1,3-7H3,(H,41,44)(H,45,46)(H,47,48)(H,49,50)(H,51,52). The Balaban J connectivity index is 1.95. The average Bonchev–Trinajstić information content (AvgIpc) is 3.71. The Hall–Kier alpha value is -6.05. The number of hydrogen-bond acceptors (Lipinski definition) is 7. The molecule has 2 atom stereocenters. The second-order valence-electron chi connectivity index (χ2n) is 13.7. The first-order chi connectivity index (χ1) is 24.4. The van der Waals surface area contributed by atoms with Gasteiger partial charge in [0.1, 0.15) is 6.04 Å². The number of allylic oxidation sites excluding steroid dienone is 1. The van der Waals surface area contributed by atoms with E-state index in [9.17, 15) is 44.4 Å². The minimum absolute atomic E-state index is 0.0163. The number of hydrogen-bond donors (Lipinski definition) is 7. The van der Waals surface area contributed by atoms with Gasteiger partial charge in [0, 0.05) is 56.6 Å². The van der Waals surface area contributed by atoms with Crippen molar-refractivity contribution in [2.75, 3.05) is 0 Å². The van der Waals surface area contributed by atoms with Crippen LogP contribution in [0.4, 0.5) is 0 Å². The van der Waals surface area contributed by atoms with Gasteiger partial charge in [-0.3, -0.25) is 19.4 Å². The number of carboxylic acids is 4. The molecule has 2 unspecified atom stereocenters. The van der Waals surface area contributed by atoms with Crippen LogP contribution in [0.25, 0.3) is 39.3 Å². The van der Waals surface area contributed by atoms with Gasteiger partial charge in [-0.25, -0.2) is 14.6 Å². The molecule has 0 fully saturated rings. The lowest BCUT2D eigenvalue weighted by molar-refractivity contribution is -0.147. The maximum Gasteiger partial charge on any atom is 0.338 e. The number of nitrogens with zero attached hydrogens (tertiary/aromatic N) is 2. The van der Waals surface area contributed by atoms with Gasteiger partial charge in [0.05, 0.1) is 35.5 Å². The van der Waals surface area contributed by atoms with Crippen LogP contribution in [0.2, 0.25) is 0 Å². The fourth-order valence-electron chi connectivity index (χ4n) is 7.16. The van der Waals surface area contributed by atoms with Crippen molar-refractivity contribution in [2.45, 2.75) is 84.6 Å². The van der Waals surface area contributed by atoms with E-state index >= 15 is 0 Å². The van der Waals surface area contributed by atoms with Crippen LogP contribution < -0.4 is 5.32 Å². The number of nitrogens with one attached hydrogen (secondary N) is 3. The molecule has 5 heterocycles. The van der Waals surface area contributed by atoms with Crippen LogP contribution in [0.1, 0.15) is 97.0 Å². The Labute approximate surface area is 298 Å². The zero-order chi connectivity index (χ0) is 38.4. The van der Waals surface area contributed by atoms with Gasteiger partial charge in [0.25, 0.3) is 0 Å². The number of carbonyl (C=O) groups is 5. The summed E-state index contributed by atoms with van der Waals surface area (Å²) < 4.78 is 0. The molecule has 3 aromatic heterocycles. The molecule has 2 aliphatic rings. The normalized spacial score (nSPS) is 15.6. The molecule has 7 N–H and O–H groups in total. The first kappa shape index (κ1) is 37.2. The van der Waals surface area contributed by atoms with Gasteiger partial charge in [-0.1, -0.05) is 33.4 Å². The number of aliphatic carboxylic acids is 4. The maximum absolute atomic E-state index is 13.5. The molecule has 52 heavy (non-hydrogen) atoms. The first-order valence-corrected chi connectivity index (χ1v) is 16.7. The van der Waals surface area contributed by atoms with Crippen LogP contribution in [0.15, 0.2) is 24.8 Å². The minimum Gasteiger partial charge on any atom is -0.481 e. The number of fused-ring (bicyclic) bond motifs is 8. The van der Waals surface area contributed by atoms with Crippen LogP contribution in [-0.4, -0.2) is 76.2 Å². The molecular formula is C38H41N5O9. The lowest BCUT2D eigenvalue weighted by Crippen LogP contribution is -2.43. The van der Waals surface area contributed by atoms with E-state index < -0.39 is 66.4 Å². The van der Waals surface area contributed by atoms with Gasteiger partial charge in [-0.2, -0.15) is 0 Å². The molecule has 14 nitrogen and oxygen atoms in total. The van der Waals surface area contributed by atoms with E-state index in [-0.39, 0.29) is 22.5 Å². The summed E-state index contributed by atoms with van der Waals surface area (Å²) in [5.41, 5.74) is 6.37. The van der Waals surface area contributed by atoms with E-state index in [2.05, 4.69) is 21.9 Å². The summed E-state index contributed by atoms with van der Waals surface area (Å²) in [4.78, 5) is 78.6. The summed E-state index contributed by atoms with van der Waals surface area (Å²) in [6.07, 6.45) is 0.398. The van der Waals surface area contributed by atoms with Gasteiger partial charge in [0.2, 0.25) is 5.91 Å². The number of aromatic amines is 2. The molecule has 272 valence electrons. The molecule has 3 aromatic rings. The third kappa shape index (κ3) is 6.71. The smallest absolute Gasteiger partial charge is 0.338 e. The zero-order valence-electron chi connectivity index (χ0n) is 29.7. The van der Waals surface area contributed by atoms with Crippen molar-refractivity contribution in [2.24, 2.45) is 0 Å². The van der Waals surface area contributed by atoms with Gasteiger partial charge in [-0.15, -0.1) is 0 Å². The number of amides is 1. The van der Waals surface area contributed by atoms with Gasteiger partial charge >= 0.3 is 23.9 Å². The van der Waals surface area contributed by atoms with E-state index in [1.807, 2.05) is 26.8 Å². The highest BCUT2D eigenvalue weighted by molar-refractivity contribution is 6.24. The number of aryl methyl sites for hydroxylation is 3. The Morgan fingerprint density at radius 2 is 1.56 bits per heavy atom. The second kappa shape index (κ2) is 13.9. The topological polar surface area (TPSA) is 236 Å². The summed E-state index contributed by atoms with van der Waals surface area (Å²) in [6, 6.07) is 3.78.